The summed E-state index contributed by atoms with van der Waals surface area (Å²) in [6, 6.07) is 7.75. The van der Waals surface area contributed by atoms with Crippen molar-refractivity contribution >= 4 is 33.1 Å². The normalized spacial score (nSPS) is 11.6. The van der Waals surface area contributed by atoms with Gasteiger partial charge in [-0.2, -0.15) is 0 Å². The van der Waals surface area contributed by atoms with Gasteiger partial charge in [-0.3, -0.25) is 4.79 Å². The molecule has 1 heterocycles. The summed E-state index contributed by atoms with van der Waals surface area (Å²) in [6.07, 6.45) is 0. The van der Waals surface area contributed by atoms with Gasteiger partial charge < -0.3 is 4.74 Å². The molecule has 0 spiro atoms. The van der Waals surface area contributed by atoms with E-state index < -0.39 is 16.0 Å². The number of carbonyl (C=O) groups is 2. The predicted octanol–water partition coefficient (Wildman–Crippen LogP) is 2.65. The summed E-state index contributed by atoms with van der Waals surface area (Å²) in [7, 11) is -0.838. The highest BCUT2D eigenvalue weighted by Crippen LogP contribution is 2.20. The highest BCUT2D eigenvalue weighted by Gasteiger charge is 2.21. The molecule has 0 aliphatic heterocycles. The van der Waals surface area contributed by atoms with Crippen molar-refractivity contribution in [3.63, 3.8) is 0 Å². The van der Waals surface area contributed by atoms with Crippen molar-refractivity contribution in [2.24, 2.45) is 0 Å². The van der Waals surface area contributed by atoms with Crippen LogP contribution < -0.4 is 0 Å². The van der Waals surface area contributed by atoms with E-state index >= 15 is 0 Å². The number of hydrogen-bond donors (Lipinski definition) is 0. The molecule has 0 saturated carbocycles. The largest absolute Gasteiger partial charge is 0.454 e. The third-order valence-corrected chi connectivity index (χ3v) is 6.41. The fourth-order valence-corrected chi connectivity index (χ4v) is 3.78. The van der Waals surface area contributed by atoms with Crippen molar-refractivity contribution in [3.05, 3.63) is 51.2 Å². The minimum Gasteiger partial charge on any atom is -0.454 e. The number of esters is 1. The molecule has 1 aromatic carbocycles. The molecule has 6 nitrogen and oxygen atoms in total. The van der Waals surface area contributed by atoms with Gasteiger partial charge in [0.15, 0.2) is 6.61 Å². The lowest BCUT2D eigenvalue weighted by atomic mass is 10.1. The Kier molecular flexibility index (Phi) is 5.76. The van der Waals surface area contributed by atoms with Gasteiger partial charge in [0, 0.05) is 19.0 Å². The van der Waals surface area contributed by atoms with Gasteiger partial charge in [-0.15, -0.1) is 11.3 Å². The number of rotatable bonds is 6. The van der Waals surface area contributed by atoms with Crippen molar-refractivity contribution in [1.82, 2.24) is 4.31 Å². The van der Waals surface area contributed by atoms with E-state index in [1.807, 2.05) is 13.0 Å². The molecule has 0 amide bonds. The van der Waals surface area contributed by atoms with Crippen LogP contribution in [0.15, 0.2) is 35.2 Å². The van der Waals surface area contributed by atoms with Crippen molar-refractivity contribution in [2.45, 2.75) is 18.7 Å². The van der Waals surface area contributed by atoms with Crippen LogP contribution in [-0.4, -0.2) is 45.2 Å². The van der Waals surface area contributed by atoms with Gasteiger partial charge in [0.2, 0.25) is 15.8 Å². The Hall–Kier alpha value is -2.03. The Bertz CT molecular complexity index is 913. The summed E-state index contributed by atoms with van der Waals surface area (Å²) in [6.45, 7) is 3.17. The quantitative estimate of drug-likeness (QED) is 0.568. The second-order valence-electron chi connectivity index (χ2n) is 5.67. The van der Waals surface area contributed by atoms with Crippen LogP contribution in [0.2, 0.25) is 0 Å². The molecule has 25 heavy (non-hydrogen) atoms. The van der Waals surface area contributed by atoms with E-state index in [0.29, 0.717) is 10.4 Å². The lowest BCUT2D eigenvalue weighted by molar-refractivity contribution is 0.0475. The first-order chi connectivity index (χ1) is 11.6. The van der Waals surface area contributed by atoms with Crippen molar-refractivity contribution in [3.8, 4) is 0 Å². The zero-order valence-corrected chi connectivity index (χ0v) is 16.0. The number of carbonyl (C=O) groups excluding carboxylic acids is 2. The number of thiophene rings is 1. The molecular weight excluding hydrogens is 362 g/mol. The lowest BCUT2D eigenvalue weighted by Gasteiger charge is -2.13. The van der Waals surface area contributed by atoms with Gasteiger partial charge in [0.1, 0.15) is 0 Å². The number of Topliss-reactive ketones (excluding diaryl/α,β-unsaturated/α-hetero) is 1. The fourth-order valence-electron chi connectivity index (χ4n) is 2.06. The second kappa shape index (κ2) is 7.47. The van der Waals surface area contributed by atoms with Gasteiger partial charge in [-0.05, 0) is 43.7 Å². The summed E-state index contributed by atoms with van der Waals surface area (Å²) in [5.74, 6) is -1.02. The van der Waals surface area contributed by atoms with Gasteiger partial charge in [-0.1, -0.05) is 6.07 Å². The summed E-state index contributed by atoms with van der Waals surface area (Å²) >= 11 is 1.33. The van der Waals surface area contributed by atoms with Crippen LogP contribution >= 0.6 is 11.3 Å². The predicted molar refractivity (Wildman–Crippen MR) is 95.7 cm³/mol. The van der Waals surface area contributed by atoms with Crippen LogP contribution in [0.5, 0.6) is 0 Å². The Morgan fingerprint density at radius 3 is 2.36 bits per heavy atom. The molecule has 2 aromatic rings. The van der Waals surface area contributed by atoms with Gasteiger partial charge >= 0.3 is 5.97 Å². The Morgan fingerprint density at radius 1 is 1.12 bits per heavy atom. The molecule has 0 bridgehead atoms. The summed E-state index contributed by atoms with van der Waals surface area (Å²) in [5.41, 5.74) is 0.695. The van der Waals surface area contributed by atoms with E-state index in [-0.39, 0.29) is 22.8 Å². The van der Waals surface area contributed by atoms with Crippen molar-refractivity contribution in [2.75, 3.05) is 20.7 Å². The SMILES string of the molecule is Cc1ccc(C(=O)COC(=O)c2cc(S(=O)(=O)N(C)C)ccc2C)s1. The van der Waals surface area contributed by atoms with Crippen LogP contribution in [0.25, 0.3) is 0 Å². The highest BCUT2D eigenvalue weighted by molar-refractivity contribution is 7.89. The van der Waals surface area contributed by atoms with E-state index in [1.165, 1.54) is 43.6 Å². The zero-order valence-electron chi connectivity index (χ0n) is 14.4. The van der Waals surface area contributed by atoms with Crippen molar-refractivity contribution < 1.29 is 22.7 Å². The third-order valence-electron chi connectivity index (χ3n) is 3.56. The number of nitrogens with zero attached hydrogens (tertiary/aromatic N) is 1. The first kappa shape index (κ1) is 19.3. The standard InChI is InChI=1S/C17H19NO5S2/c1-11-5-7-13(25(21,22)18(3)4)9-14(11)17(20)23-10-15(19)16-8-6-12(2)24-16/h5-9H,10H2,1-4H3. The lowest BCUT2D eigenvalue weighted by Crippen LogP contribution is -2.23. The molecule has 0 radical (unpaired) electrons. The average molecular weight is 381 g/mol. The molecule has 0 aliphatic carbocycles. The number of sulfonamides is 1. The van der Waals surface area contributed by atoms with E-state index in [1.54, 1.807) is 13.0 Å². The maximum atomic E-state index is 12.3. The zero-order chi connectivity index (χ0) is 18.8. The minimum atomic E-state index is -3.66. The smallest absolute Gasteiger partial charge is 0.338 e. The van der Waals surface area contributed by atoms with E-state index in [4.69, 9.17) is 4.74 Å². The molecule has 1 aromatic heterocycles. The maximum Gasteiger partial charge on any atom is 0.338 e. The number of hydrogen-bond acceptors (Lipinski definition) is 6. The van der Waals surface area contributed by atoms with Crippen LogP contribution in [0, 0.1) is 13.8 Å². The number of aryl methyl sites for hydroxylation is 2. The maximum absolute atomic E-state index is 12.3. The molecule has 0 aliphatic rings. The van der Waals surface area contributed by atoms with Crippen LogP contribution in [-0.2, 0) is 14.8 Å². The van der Waals surface area contributed by atoms with Crippen LogP contribution in [0.3, 0.4) is 0 Å². The fraction of sp³-hybridized carbons (Fsp3) is 0.294. The average Bonchev–Trinajstić information content (AvgIpc) is 2.99. The molecular formula is C17H19NO5S2. The summed E-state index contributed by atoms with van der Waals surface area (Å²) in [5, 5.41) is 0. The molecule has 0 N–H and O–H groups in total. The topological polar surface area (TPSA) is 80.8 Å². The Balaban J connectivity index is 2.17. The van der Waals surface area contributed by atoms with Gasteiger partial charge in [0.25, 0.3) is 0 Å². The summed E-state index contributed by atoms with van der Waals surface area (Å²) < 4.78 is 30.5. The van der Waals surface area contributed by atoms with Gasteiger partial charge in [0.05, 0.1) is 15.3 Å². The molecule has 0 unspecified atom stereocenters. The first-order valence-corrected chi connectivity index (χ1v) is 9.68. The van der Waals surface area contributed by atoms with Crippen LogP contribution in [0.1, 0.15) is 30.5 Å². The molecule has 0 saturated heterocycles. The first-order valence-electron chi connectivity index (χ1n) is 7.43. The molecule has 134 valence electrons. The Labute approximate surface area is 151 Å². The second-order valence-corrected chi connectivity index (χ2v) is 9.11. The van der Waals surface area contributed by atoms with E-state index in [9.17, 15) is 18.0 Å². The molecule has 0 atom stereocenters. The molecule has 2 rings (SSSR count). The Morgan fingerprint density at radius 2 is 1.80 bits per heavy atom. The van der Waals surface area contributed by atoms with Gasteiger partial charge in [-0.25, -0.2) is 17.5 Å². The molecule has 0 fully saturated rings. The number of ketones is 1. The van der Waals surface area contributed by atoms with Crippen molar-refractivity contribution in [1.29, 1.82) is 0 Å². The highest BCUT2D eigenvalue weighted by atomic mass is 32.2. The van der Waals surface area contributed by atoms with Crippen LogP contribution in [0.4, 0.5) is 0 Å². The minimum absolute atomic E-state index is 0.00439. The molecule has 8 heteroatoms. The number of benzene rings is 1. The van der Waals surface area contributed by atoms with E-state index in [0.717, 1.165) is 9.18 Å². The summed E-state index contributed by atoms with van der Waals surface area (Å²) in [4.78, 5) is 25.8. The monoisotopic (exact) mass is 381 g/mol. The third kappa shape index (κ3) is 4.33. The van der Waals surface area contributed by atoms with E-state index in [2.05, 4.69) is 0 Å². The number of ether oxygens (including phenoxy) is 1.